The van der Waals surface area contributed by atoms with Gasteiger partial charge in [0.15, 0.2) is 17.3 Å². The summed E-state index contributed by atoms with van der Waals surface area (Å²) < 4.78 is 31.7. The highest BCUT2D eigenvalue weighted by atomic mass is 19.1. The molecular weight excluding hydrogens is 274 g/mol. The molecule has 0 N–H and O–H groups in total. The topological polar surface area (TPSA) is 26.3 Å². The van der Waals surface area contributed by atoms with Crippen LogP contribution in [0.2, 0.25) is 0 Å². The first kappa shape index (κ1) is 13.7. The van der Waals surface area contributed by atoms with Crippen molar-refractivity contribution in [3.05, 3.63) is 65.2 Å². The van der Waals surface area contributed by atoms with Crippen molar-refractivity contribution in [2.24, 2.45) is 5.92 Å². The molecule has 4 heteroatoms. The Morgan fingerprint density at radius 1 is 1.10 bits per heavy atom. The molecule has 1 aliphatic carbocycles. The van der Waals surface area contributed by atoms with Crippen LogP contribution < -0.4 is 4.74 Å². The first-order chi connectivity index (χ1) is 10.1. The summed E-state index contributed by atoms with van der Waals surface area (Å²) in [5.41, 5.74) is 1.49. The zero-order valence-electron chi connectivity index (χ0n) is 11.3. The van der Waals surface area contributed by atoms with Crippen LogP contribution in [0.1, 0.15) is 28.8 Å². The van der Waals surface area contributed by atoms with Crippen molar-refractivity contribution in [1.82, 2.24) is 0 Å². The van der Waals surface area contributed by atoms with Gasteiger partial charge in [0.2, 0.25) is 0 Å². The normalized spacial score (nSPS) is 14.0. The molecule has 1 aliphatic rings. The smallest absolute Gasteiger partial charge is 0.165 e. The lowest BCUT2D eigenvalue weighted by molar-refractivity contribution is 0.0967. The summed E-state index contributed by atoms with van der Waals surface area (Å²) in [6, 6.07) is 10.1. The van der Waals surface area contributed by atoms with E-state index in [0.29, 0.717) is 5.56 Å². The molecule has 1 fully saturated rings. The van der Waals surface area contributed by atoms with Crippen molar-refractivity contribution in [3.8, 4) is 5.75 Å². The van der Waals surface area contributed by atoms with Crippen LogP contribution in [0.15, 0.2) is 42.5 Å². The molecule has 108 valence electrons. The van der Waals surface area contributed by atoms with E-state index in [1.807, 2.05) is 0 Å². The van der Waals surface area contributed by atoms with Crippen molar-refractivity contribution < 1.29 is 18.3 Å². The fourth-order valence-corrected chi connectivity index (χ4v) is 2.10. The SMILES string of the molecule is O=C(c1ccc(COc2cc(F)ccc2F)cc1)C1CC1. The number of halogens is 2. The van der Waals surface area contributed by atoms with Crippen LogP contribution in [0.5, 0.6) is 5.75 Å². The van der Waals surface area contributed by atoms with Crippen LogP contribution in [0.3, 0.4) is 0 Å². The minimum atomic E-state index is -0.600. The lowest BCUT2D eigenvalue weighted by Crippen LogP contribution is -2.02. The standard InChI is InChI=1S/C17H14F2O2/c18-14-7-8-15(19)16(9-14)21-10-11-1-3-12(4-2-11)17(20)13-5-6-13/h1-4,7-9,13H,5-6,10H2. The van der Waals surface area contributed by atoms with Crippen LogP contribution in [0.4, 0.5) is 8.78 Å². The van der Waals surface area contributed by atoms with E-state index >= 15 is 0 Å². The zero-order valence-corrected chi connectivity index (χ0v) is 11.3. The van der Waals surface area contributed by atoms with Crippen molar-refractivity contribution >= 4 is 5.78 Å². The summed E-state index contributed by atoms with van der Waals surface area (Å²) in [4.78, 5) is 11.9. The highest BCUT2D eigenvalue weighted by Gasteiger charge is 2.30. The number of rotatable bonds is 5. The van der Waals surface area contributed by atoms with E-state index in [4.69, 9.17) is 4.74 Å². The summed E-state index contributed by atoms with van der Waals surface area (Å²) >= 11 is 0. The Kier molecular flexibility index (Phi) is 3.69. The van der Waals surface area contributed by atoms with Gasteiger partial charge in [0, 0.05) is 17.5 Å². The predicted octanol–water partition coefficient (Wildman–Crippen LogP) is 4.14. The number of benzene rings is 2. The number of hydrogen-bond donors (Lipinski definition) is 0. The largest absolute Gasteiger partial charge is 0.486 e. The minimum absolute atomic E-state index is 0.117. The molecule has 2 nitrogen and oxygen atoms in total. The molecule has 0 radical (unpaired) electrons. The Morgan fingerprint density at radius 2 is 1.81 bits per heavy atom. The summed E-state index contributed by atoms with van der Waals surface area (Å²) in [6.45, 7) is 0.123. The Morgan fingerprint density at radius 3 is 2.48 bits per heavy atom. The Balaban J connectivity index is 1.65. The molecular formula is C17H14F2O2. The number of carbonyl (C=O) groups excluding carboxylic acids is 1. The third-order valence-corrected chi connectivity index (χ3v) is 3.47. The average Bonchev–Trinajstić information content (AvgIpc) is 3.33. The third-order valence-electron chi connectivity index (χ3n) is 3.47. The Labute approximate surface area is 121 Å². The highest BCUT2D eigenvalue weighted by molar-refractivity contribution is 5.99. The maximum atomic E-state index is 13.4. The van der Waals surface area contributed by atoms with Gasteiger partial charge in [-0.2, -0.15) is 0 Å². The second-order valence-electron chi connectivity index (χ2n) is 5.20. The van der Waals surface area contributed by atoms with Gasteiger partial charge in [0.1, 0.15) is 12.4 Å². The van der Waals surface area contributed by atoms with Crippen molar-refractivity contribution in [3.63, 3.8) is 0 Å². The minimum Gasteiger partial charge on any atom is -0.486 e. The van der Waals surface area contributed by atoms with E-state index in [1.54, 1.807) is 24.3 Å². The number of Topliss-reactive ketones (excluding diaryl/α,β-unsaturated/α-hetero) is 1. The van der Waals surface area contributed by atoms with E-state index in [1.165, 1.54) is 0 Å². The molecule has 0 aliphatic heterocycles. The second kappa shape index (κ2) is 5.64. The van der Waals surface area contributed by atoms with Gasteiger partial charge in [0.25, 0.3) is 0 Å². The quantitative estimate of drug-likeness (QED) is 0.773. The molecule has 3 rings (SSSR count). The lowest BCUT2D eigenvalue weighted by Gasteiger charge is -2.08. The first-order valence-corrected chi connectivity index (χ1v) is 6.84. The van der Waals surface area contributed by atoms with Gasteiger partial charge in [-0.1, -0.05) is 24.3 Å². The van der Waals surface area contributed by atoms with Crippen LogP contribution in [0, 0.1) is 17.6 Å². The molecule has 0 unspecified atom stereocenters. The van der Waals surface area contributed by atoms with Crippen LogP contribution in [-0.4, -0.2) is 5.78 Å². The van der Waals surface area contributed by atoms with E-state index in [9.17, 15) is 13.6 Å². The maximum Gasteiger partial charge on any atom is 0.165 e. The third kappa shape index (κ3) is 3.27. The van der Waals surface area contributed by atoms with E-state index in [2.05, 4.69) is 0 Å². The van der Waals surface area contributed by atoms with E-state index in [0.717, 1.165) is 36.6 Å². The summed E-state index contributed by atoms with van der Waals surface area (Å²) in [6.07, 6.45) is 1.95. The molecule has 0 heterocycles. The molecule has 0 saturated heterocycles. The monoisotopic (exact) mass is 288 g/mol. The Bertz CT molecular complexity index is 661. The molecule has 0 amide bonds. The van der Waals surface area contributed by atoms with Crippen LogP contribution in [0.25, 0.3) is 0 Å². The van der Waals surface area contributed by atoms with Gasteiger partial charge in [-0.05, 0) is 30.5 Å². The molecule has 0 spiro atoms. The van der Waals surface area contributed by atoms with E-state index < -0.39 is 11.6 Å². The van der Waals surface area contributed by atoms with Crippen molar-refractivity contribution in [2.75, 3.05) is 0 Å². The zero-order chi connectivity index (χ0) is 14.8. The van der Waals surface area contributed by atoms with Crippen molar-refractivity contribution in [1.29, 1.82) is 0 Å². The summed E-state index contributed by atoms with van der Waals surface area (Å²) in [7, 11) is 0. The van der Waals surface area contributed by atoms with Gasteiger partial charge >= 0.3 is 0 Å². The predicted molar refractivity (Wildman–Crippen MR) is 74.2 cm³/mol. The van der Waals surface area contributed by atoms with Crippen LogP contribution in [-0.2, 0) is 6.61 Å². The first-order valence-electron chi connectivity index (χ1n) is 6.84. The molecule has 21 heavy (non-hydrogen) atoms. The van der Waals surface area contributed by atoms with Gasteiger partial charge in [-0.3, -0.25) is 4.79 Å². The molecule has 2 aromatic carbocycles. The van der Waals surface area contributed by atoms with Gasteiger partial charge < -0.3 is 4.74 Å². The average molecular weight is 288 g/mol. The van der Waals surface area contributed by atoms with E-state index in [-0.39, 0.29) is 24.1 Å². The molecule has 2 aromatic rings. The number of carbonyl (C=O) groups is 1. The molecule has 0 bridgehead atoms. The summed E-state index contributed by atoms with van der Waals surface area (Å²) in [5, 5.41) is 0. The molecule has 0 aromatic heterocycles. The highest BCUT2D eigenvalue weighted by Crippen LogP contribution is 2.32. The van der Waals surface area contributed by atoms with Crippen LogP contribution >= 0.6 is 0 Å². The number of ether oxygens (including phenoxy) is 1. The fraction of sp³-hybridized carbons (Fsp3) is 0.235. The van der Waals surface area contributed by atoms with Crippen molar-refractivity contribution in [2.45, 2.75) is 19.4 Å². The second-order valence-corrected chi connectivity index (χ2v) is 5.20. The van der Waals surface area contributed by atoms with Gasteiger partial charge in [0.05, 0.1) is 0 Å². The lowest BCUT2D eigenvalue weighted by atomic mass is 10.1. The fourth-order valence-electron chi connectivity index (χ4n) is 2.10. The molecule has 1 saturated carbocycles. The summed E-state index contributed by atoms with van der Waals surface area (Å²) in [5.74, 6) is -0.894. The number of hydrogen-bond acceptors (Lipinski definition) is 2. The number of ketones is 1. The molecule has 0 atom stereocenters. The van der Waals surface area contributed by atoms with Gasteiger partial charge in [-0.15, -0.1) is 0 Å². The Hall–Kier alpha value is -2.23. The maximum absolute atomic E-state index is 13.4. The van der Waals surface area contributed by atoms with Gasteiger partial charge in [-0.25, -0.2) is 8.78 Å².